The Kier molecular flexibility index (Phi) is 4.56. The summed E-state index contributed by atoms with van der Waals surface area (Å²) in [6.07, 6.45) is 3.36. The van der Waals surface area contributed by atoms with Crippen LogP contribution in [-0.4, -0.2) is 19.1 Å². The van der Waals surface area contributed by atoms with Gasteiger partial charge in [0.05, 0.1) is 0 Å². The highest BCUT2D eigenvalue weighted by molar-refractivity contribution is 5.56. The van der Waals surface area contributed by atoms with Crippen molar-refractivity contribution in [3.8, 4) is 0 Å². The SMILES string of the molecule is CC(Cc1ccc2c(c1)CCN2)NCCc1ccccc1. The molecule has 1 heterocycles. The van der Waals surface area contributed by atoms with Crippen LogP contribution in [0.25, 0.3) is 0 Å². The summed E-state index contributed by atoms with van der Waals surface area (Å²) < 4.78 is 0. The zero-order valence-corrected chi connectivity index (χ0v) is 12.7. The summed E-state index contributed by atoms with van der Waals surface area (Å²) in [6, 6.07) is 18.0. The standard InChI is InChI=1S/C19H24N2/c1-15(20-11-9-16-5-3-2-4-6-16)13-17-7-8-19-18(14-17)10-12-21-19/h2-8,14-15,20-21H,9-13H2,1H3. The van der Waals surface area contributed by atoms with Crippen molar-refractivity contribution in [2.45, 2.75) is 32.2 Å². The van der Waals surface area contributed by atoms with Gasteiger partial charge < -0.3 is 10.6 Å². The van der Waals surface area contributed by atoms with Gasteiger partial charge in [-0.1, -0.05) is 42.5 Å². The first kappa shape index (κ1) is 14.2. The van der Waals surface area contributed by atoms with Gasteiger partial charge in [0.2, 0.25) is 0 Å². The number of hydrogen-bond acceptors (Lipinski definition) is 2. The van der Waals surface area contributed by atoms with Gasteiger partial charge in [-0.3, -0.25) is 0 Å². The lowest BCUT2D eigenvalue weighted by Gasteiger charge is -2.14. The minimum Gasteiger partial charge on any atom is -0.384 e. The van der Waals surface area contributed by atoms with Crippen LogP contribution in [0.5, 0.6) is 0 Å². The van der Waals surface area contributed by atoms with Crippen molar-refractivity contribution in [1.82, 2.24) is 5.32 Å². The largest absolute Gasteiger partial charge is 0.384 e. The third-order valence-electron chi connectivity index (χ3n) is 4.17. The van der Waals surface area contributed by atoms with Crippen LogP contribution in [0.4, 0.5) is 5.69 Å². The molecule has 0 aromatic heterocycles. The Morgan fingerprint density at radius 2 is 1.95 bits per heavy atom. The minimum absolute atomic E-state index is 0.515. The fraction of sp³-hybridized carbons (Fsp3) is 0.368. The Morgan fingerprint density at radius 1 is 1.10 bits per heavy atom. The maximum atomic E-state index is 3.63. The molecule has 21 heavy (non-hydrogen) atoms. The smallest absolute Gasteiger partial charge is 0.0373 e. The van der Waals surface area contributed by atoms with Gasteiger partial charge >= 0.3 is 0 Å². The van der Waals surface area contributed by atoms with Crippen LogP contribution in [0, 0.1) is 0 Å². The van der Waals surface area contributed by atoms with Gasteiger partial charge in [-0.2, -0.15) is 0 Å². The molecule has 0 aliphatic carbocycles. The number of anilines is 1. The number of benzene rings is 2. The maximum absolute atomic E-state index is 3.63. The quantitative estimate of drug-likeness (QED) is 0.847. The van der Waals surface area contributed by atoms with Crippen molar-refractivity contribution in [3.63, 3.8) is 0 Å². The van der Waals surface area contributed by atoms with E-state index in [1.807, 2.05) is 0 Å². The second-order valence-corrected chi connectivity index (χ2v) is 5.96. The van der Waals surface area contributed by atoms with E-state index in [2.05, 4.69) is 66.1 Å². The zero-order chi connectivity index (χ0) is 14.5. The van der Waals surface area contributed by atoms with E-state index in [0.717, 1.165) is 25.9 Å². The van der Waals surface area contributed by atoms with Crippen LogP contribution in [-0.2, 0) is 19.3 Å². The molecule has 0 amide bonds. The molecule has 1 atom stereocenters. The van der Waals surface area contributed by atoms with Crippen molar-refractivity contribution in [2.24, 2.45) is 0 Å². The fourth-order valence-electron chi connectivity index (χ4n) is 3.02. The normalized spacial score (nSPS) is 14.5. The Bertz CT molecular complexity index is 577. The molecule has 2 aromatic rings. The molecule has 110 valence electrons. The fourth-order valence-corrected chi connectivity index (χ4v) is 3.02. The average molecular weight is 280 g/mol. The monoisotopic (exact) mass is 280 g/mol. The number of rotatable bonds is 6. The van der Waals surface area contributed by atoms with E-state index in [9.17, 15) is 0 Å². The maximum Gasteiger partial charge on any atom is 0.0373 e. The van der Waals surface area contributed by atoms with Crippen molar-refractivity contribution >= 4 is 5.69 Å². The zero-order valence-electron chi connectivity index (χ0n) is 12.7. The Labute approximate surface area is 127 Å². The molecule has 0 radical (unpaired) electrons. The van der Waals surface area contributed by atoms with Gasteiger partial charge in [-0.25, -0.2) is 0 Å². The second-order valence-electron chi connectivity index (χ2n) is 5.96. The molecule has 0 bridgehead atoms. The lowest BCUT2D eigenvalue weighted by molar-refractivity contribution is 0.548. The lowest BCUT2D eigenvalue weighted by atomic mass is 10.0. The molecular formula is C19H24N2. The third-order valence-corrected chi connectivity index (χ3v) is 4.17. The highest BCUT2D eigenvalue weighted by atomic mass is 14.9. The van der Waals surface area contributed by atoms with Crippen molar-refractivity contribution < 1.29 is 0 Å². The van der Waals surface area contributed by atoms with Gasteiger partial charge in [-0.05, 0) is 55.5 Å². The van der Waals surface area contributed by atoms with Gasteiger partial charge in [0, 0.05) is 18.3 Å². The van der Waals surface area contributed by atoms with Crippen LogP contribution in [0.2, 0.25) is 0 Å². The number of nitrogens with one attached hydrogen (secondary N) is 2. The minimum atomic E-state index is 0.515. The van der Waals surface area contributed by atoms with E-state index >= 15 is 0 Å². The Balaban J connectivity index is 1.47. The molecule has 0 saturated heterocycles. The van der Waals surface area contributed by atoms with Crippen molar-refractivity contribution in [2.75, 3.05) is 18.4 Å². The molecule has 2 aromatic carbocycles. The predicted octanol–water partition coefficient (Wildman–Crippen LogP) is 3.42. The first-order valence-corrected chi connectivity index (χ1v) is 7.94. The topological polar surface area (TPSA) is 24.1 Å². The van der Waals surface area contributed by atoms with Gasteiger partial charge in [0.25, 0.3) is 0 Å². The first-order valence-electron chi connectivity index (χ1n) is 7.94. The molecule has 2 N–H and O–H groups in total. The summed E-state index contributed by atoms with van der Waals surface area (Å²) in [7, 11) is 0. The molecule has 0 saturated carbocycles. The lowest BCUT2D eigenvalue weighted by Crippen LogP contribution is -2.30. The van der Waals surface area contributed by atoms with Crippen LogP contribution >= 0.6 is 0 Å². The Morgan fingerprint density at radius 3 is 2.81 bits per heavy atom. The van der Waals surface area contributed by atoms with Crippen LogP contribution in [0.3, 0.4) is 0 Å². The molecule has 1 unspecified atom stereocenters. The summed E-state index contributed by atoms with van der Waals surface area (Å²) >= 11 is 0. The number of hydrogen-bond donors (Lipinski definition) is 2. The van der Waals surface area contributed by atoms with Gasteiger partial charge in [-0.15, -0.1) is 0 Å². The van der Waals surface area contributed by atoms with Crippen molar-refractivity contribution in [1.29, 1.82) is 0 Å². The molecule has 2 heteroatoms. The van der Waals surface area contributed by atoms with E-state index in [4.69, 9.17) is 0 Å². The molecular weight excluding hydrogens is 256 g/mol. The van der Waals surface area contributed by atoms with Crippen LogP contribution < -0.4 is 10.6 Å². The number of fused-ring (bicyclic) bond motifs is 1. The summed E-state index contributed by atoms with van der Waals surface area (Å²) in [6.45, 7) is 4.40. The van der Waals surface area contributed by atoms with Gasteiger partial charge in [0.1, 0.15) is 0 Å². The second kappa shape index (κ2) is 6.77. The van der Waals surface area contributed by atoms with E-state index in [1.165, 1.54) is 28.8 Å². The molecule has 0 spiro atoms. The molecule has 2 nitrogen and oxygen atoms in total. The summed E-state index contributed by atoms with van der Waals surface area (Å²) in [5.74, 6) is 0. The van der Waals surface area contributed by atoms with Crippen LogP contribution in [0.1, 0.15) is 23.6 Å². The highest BCUT2D eigenvalue weighted by Crippen LogP contribution is 2.23. The molecule has 0 fully saturated rings. The molecule has 1 aliphatic heterocycles. The van der Waals surface area contributed by atoms with Gasteiger partial charge in [0.15, 0.2) is 0 Å². The summed E-state index contributed by atoms with van der Waals surface area (Å²) in [4.78, 5) is 0. The first-order chi connectivity index (χ1) is 10.3. The molecule has 1 aliphatic rings. The van der Waals surface area contributed by atoms with E-state index in [-0.39, 0.29) is 0 Å². The average Bonchev–Trinajstić information content (AvgIpc) is 2.96. The van der Waals surface area contributed by atoms with E-state index < -0.39 is 0 Å². The predicted molar refractivity (Wildman–Crippen MR) is 90.0 cm³/mol. The summed E-state index contributed by atoms with van der Waals surface area (Å²) in [5.41, 5.74) is 5.64. The summed E-state index contributed by atoms with van der Waals surface area (Å²) in [5, 5.41) is 7.05. The van der Waals surface area contributed by atoms with E-state index in [0.29, 0.717) is 6.04 Å². The molecule has 3 rings (SSSR count). The highest BCUT2D eigenvalue weighted by Gasteiger charge is 2.11. The van der Waals surface area contributed by atoms with Crippen molar-refractivity contribution in [3.05, 3.63) is 65.2 Å². The van der Waals surface area contributed by atoms with E-state index in [1.54, 1.807) is 0 Å². The third kappa shape index (κ3) is 3.85. The Hall–Kier alpha value is -1.80. The van der Waals surface area contributed by atoms with Crippen LogP contribution in [0.15, 0.2) is 48.5 Å².